The molecule has 2 aliphatic rings. The summed E-state index contributed by atoms with van der Waals surface area (Å²) in [5, 5.41) is 8.52. The number of ether oxygens (including phenoxy) is 2. The first-order valence-corrected chi connectivity index (χ1v) is 9.24. The first-order chi connectivity index (χ1) is 12.2. The van der Waals surface area contributed by atoms with Crippen LogP contribution in [0.4, 0.5) is 5.69 Å². The van der Waals surface area contributed by atoms with Gasteiger partial charge in [0.1, 0.15) is 0 Å². The molecule has 1 aromatic heterocycles. The van der Waals surface area contributed by atoms with Gasteiger partial charge in [-0.1, -0.05) is 6.92 Å². The number of nitrogens with one attached hydrogen (secondary N) is 2. The highest BCUT2D eigenvalue weighted by Gasteiger charge is 2.25. The standard InChI is InChI=1S/C20H27N3O2/c1-12-7-13(11-21-10-12)22-20-14-5-4-6-16(14)23-17-9-19(25-3)18(24-2)8-15(17)20/h8-9,12-13,21H,4-7,10-11H2,1-3H3,(H,22,23)/t12-,13+/m0/s1. The molecule has 5 nitrogen and oxygen atoms in total. The second kappa shape index (κ2) is 6.71. The Balaban J connectivity index is 1.82. The van der Waals surface area contributed by atoms with E-state index in [0.29, 0.717) is 12.0 Å². The average Bonchev–Trinajstić information content (AvgIpc) is 3.08. The number of aromatic nitrogens is 1. The van der Waals surface area contributed by atoms with Crippen molar-refractivity contribution in [1.82, 2.24) is 10.3 Å². The molecule has 25 heavy (non-hydrogen) atoms. The van der Waals surface area contributed by atoms with Gasteiger partial charge in [-0.15, -0.1) is 0 Å². The lowest BCUT2D eigenvalue weighted by molar-refractivity contribution is 0.355. The van der Waals surface area contributed by atoms with Crippen LogP contribution in [0.2, 0.25) is 0 Å². The van der Waals surface area contributed by atoms with Gasteiger partial charge in [0.05, 0.1) is 19.7 Å². The van der Waals surface area contributed by atoms with Crippen LogP contribution in [0.1, 0.15) is 31.0 Å². The van der Waals surface area contributed by atoms with Crippen molar-refractivity contribution in [3.63, 3.8) is 0 Å². The van der Waals surface area contributed by atoms with Crippen LogP contribution in [0.25, 0.3) is 10.9 Å². The van der Waals surface area contributed by atoms with Crippen molar-refractivity contribution in [2.45, 2.75) is 38.6 Å². The summed E-state index contributed by atoms with van der Waals surface area (Å²) in [6, 6.07) is 4.52. The van der Waals surface area contributed by atoms with E-state index in [1.807, 2.05) is 6.07 Å². The fourth-order valence-corrected chi connectivity index (χ4v) is 4.22. The molecule has 0 bridgehead atoms. The third-order valence-electron chi connectivity index (χ3n) is 5.44. The Morgan fingerprint density at radius 2 is 1.92 bits per heavy atom. The lowest BCUT2D eigenvalue weighted by Gasteiger charge is -2.30. The molecule has 1 aromatic carbocycles. The number of methoxy groups -OCH3 is 2. The Labute approximate surface area is 149 Å². The number of rotatable bonds is 4. The quantitative estimate of drug-likeness (QED) is 0.895. The van der Waals surface area contributed by atoms with Gasteiger partial charge in [-0.25, -0.2) is 0 Å². The van der Waals surface area contributed by atoms with Gasteiger partial charge in [-0.2, -0.15) is 0 Å². The molecule has 2 atom stereocenters. The Morgan fingerprint density at radius 3 is 2.68 bits per heavy atom. The minimum atomic E-state index is 0.451. The Morgan fingerprint density at radius 1 is 1.12 bits per heavy atom. The van der Waals surface area contributed by atoms with Crippen LogP contribution in [-0.2, 0) is 12.8 Å². The van der Waals surface area contributed by atoms with E-state index in [1.54, 1.807) is 14.2 Å². The first-order valence-electron chi connectivity index (χ1n) is 9.24. The van der Waals surface area contributed by atoms with Crippen LogP contribution in [0.15, 0.2) is 12.1 Å². The topological polar surface area (TPSA) is 55.4 Å². The summed E-state index contributed by atoms with van der Waals surface area (Å²) in [5.74, 6) is 2.19. The molecule has 1 aliphatic carbocycles. The fourth-order valence-electron chi connectivity index (χ4n) is 4.22. The van der Waals surface area contributed by atoms with E-state index in [0.717, 1.165) is 48.3 Å². The number of piperidine rings is 1. The van der Waals surface area contributed by atoms with Gasteiger partial charge in [-0.05, 0) is 49.8 Å². The molecule has 0 spiro atoms. The number of aryl methyl sites for hydroxylation is 1. The highest BCUT2D eigenvalue weighted by Crippen LogP contribution is 2.40. The molecular formula is C20H27N3O2. The zero-order chi connectivity index (χ0) is 17.4. The smallest absolute Gasteiger partial charge is 0.162 e. The lowest BCUT2D eigenvalue weighted by atomic mass is 9.96. The van der Waals surface area contributed by atoms with Gasteiger partial charge >= 0.3 is 0 Å². The van der Waals surface area contributed by atoms with Gasteiger partial charge in [0, 0.05) is 35.4 Å². The maximum atomic E-state index is 5.53. The Kier molecular flexibility index (Phi) is 4.42. The van der Waals surface area contributed by atoms with Crippen molar-refractivity contribution in [2.75, 3.05) is 32.6 Å². The van der Waals surface area contributed by atoms with Gasteiger partial charge in [0.2, 0.25) is 0 Å². The van der Waals surface area contributed by atoms with E-state index < -0.39 is 0 Å². The van der Waals surface area contributed by atoms with Crippen LogP contribution in [0.3, 0.4) is 0 Å². The van der Waals surface area contributed by atoms with Gasteiger partial charge < -0.3 is 20.1 Å². The van der Waals surface area contributed by atoms with Crippen molar-refractivity contribution < 1.29 is 9.47 Å². The summed E-state index contributed by atoms with van der Waals surface area (Å²) in [6.45, 7) is 4.43. The molecule has 0 amide bonds. The molecule has 0 unspecified atom stereocenters. The number of benzene rings is 1. The van der Waals surface area contributed by atoms with Crippen LogP contribution in [0, 0.1) is 5.92 Å². The van der Waals surface area contributed by atoms with E-state index >= 15 is 0 Å². The molecule has 1 fully saturated rings. The molecule has 1 aliphatic heterocycles. The van der Waals surface area contributed by atoms with Crippen molar-refractivity contribution in [1.29, 1.82) is 0 Å². The molecule has 2 aromatic rings. The first kappa shape index (κ1) is 16.5. The van der Waals surface area contributed by atoms with E-state index in [9.17, 15) is 0 Å². The van der Waals surface area contributed by atoms with Gasteiger partial charge in [0.15, 0.2) is 11.5 Å². The fraction of sp³-hybridized carbons (Fsp3) is 0.550. The van der Waals surface area contributed by atoms with Gasteiger partial charge in [-0.3, -0.25) is 4.98 Å². The second-order valence-electron chi connectivity index (χ2n) is 7.33. The molecule has 0 saturated carbocycles. The third-order valence-corrected chi connectivity index (χ3v) is 5.44. The maximum Gasteiger partial charge on any atom is 0.162 e. The van der Waals surface area contributed by atoms with Gasteiger partial charge in [0.25, 0.3) is 0 Å². The number of fused-ring (bicyclic) bond motifs is 2. The summed E-state index contributed by atoms with van der Waals surface area (Å²) in [6.07, 6.45) is 4.54. The van der Waals surface area contributed by atoms with E-state index in [2.05, 4.69) is 23.6 Å². The van der Waals surface area contributed by atoms with E-state index in [-0.39, 0.29) is 0 Å². The number of nitrogens with zero attached hydrogens (tertiary/aromatic N) is 1. The Bertz CT molecular complexity index is 790. The predicted octanol–water partition coefficient (Wildman–Crippen LogP) is 3.15. The van der Waals surface area contributed by atoms with Crippen LogP contribution < -0.4 is 20.1 Å². The summed E-state index contributed by atoms with van der Waals surface area (Å²) < 4.78 is 11.0. The third kappa shape index (κ3) is 3.01. The summed E-state index contributed by atoms with van der Waals surface area (Å²) in [4.78, 5) is 4.92. The highest BCUT2D eigenvalue weighted by atomic mass is 16.5. The van der Waals surface area contributed by atoms with E-state index in [1.165, 1.54) is 29.8 Å². The monoisotopic (exact) mass is 341 g/mol. The van der Waals surface area contributed by atoms with Crippen LogP contribution >= 0.6 is 0 Å². The second-order valence-corrected chi connectivity index (χ2v) is 7.33. The number of pyridine rings is 1. The normalized spacial score (nSPS) is 22.7. The summed E-state index contributed by atoms with van der Waals surface area (Å²) in [7, 11) is 3.36. The predicted molar refractivity (Wildman–Crippen MR) is 101 cm³/mol. The molecular weight excluding hydrogens is 314 g/mol. The minimum absolute atomic E-state index is 0.451. The maximum absolute atomic E-state index is 5.53. The highest BCUT2D eigenvalue weighted by molar-refractivity contribution is 5.96. The summed E-state index contributed by atoms with van der Waals surface area (Å²) >= 11 is 0. The van der Waals surface area contributed by atoms with Crippen LogP contribution in [0.5, 0.6) is 11.5 Å². The molecule has 4 rings (SSSR count). The van der Waals surface area contributed by atoms with Crippen LogP contribution in [-0.4, -0.2) is 38.3 Å². The number of hydrogen-bond donors (Lipinski definition) is 2. The van der Waals surface area contributed by atoms with Crippen molar-refractivity contribution in [3.8, 4) is 11.5 Å². The average molecular weight is 341 g/mol. The molecule has 2 heterocycles. The molecule has 5 heteroatoms. The zero-order valence-electron chi connectivity index (χ0n) is 15.3. The lowest BCUT2D eigenvalue weighted by Crippen LogP contribution is -2.42. The SMILES string of the molecule is COc1cc2nc3c(c(N[C@H]4CNC[C@@H](C)C4)c2cc1OC)CCC3. The Hall–Kier alpha value is -2.01. The number of hydrogen-bond acceptors (Lipinski definition) is 5. The largest absolute Gasteiger partial charge is 0.493 e. The molecule has 2 N–H and O–H groups in total. The molecule has 134 valence electrons. The van der Waals surface area contributed by atoms with Crippen molar-refractivity contribution in [3.05, 3.63) is 23.4 Å². The molecule has 0 radical (unpaired) electrons. The van der Waals surface area contributed by atoms with E-state index in [4.69, 9.17) is 14.5 Å². The minimum Gasteiger partial charge on any atom is -0.493 e. The van der Waals surface area contributed by atoms with Crippen molar-refractivity contribution in [2.24, 2.45) is 5.92 Å². The zero-order valence-corrected chi connectivity index (χ0v) is 15.3. The number of anilines is 1. The summed E-state index contributed by atoms with van der Waals surface area (Å²) in [5.41, 5.74) is 4.86. The van der Waals surface area contributed by atoms with Crippen molar-refractivity contribution >= 4 is 16.6 Å². The molecule has 1 saturated heterocycles.